The molecule has 1 aromatic carbocycles. The van der Waals surface area contributed by atoms with Crippen molar-refractivity contribution in [3.63, 3.8) is 0 Å². The summed E-state index contributed by atoms with van der Waals surface area (Å²) in [5.74, 6) is 2.18. The summed E-state index contributed by atoms with van der Waals surface area (Å²) in [7, 11) is 0. The summed E-state index contributed by atoms with van der Waals surface area (Å²) in [4.78, 5) is 36.9. The monoisotopic (exact) mass is 412 g/mol. The fraction of sp³-hybridized carbons (Fsp3) is 0.609. The standard InChI is InChI=1S/C23H32N4O3/c1-2-24-22(30)27-19-5-3-4-18(11-19)26-20(28)6-7-25-21(29)23-12-15-8-16(13-23)10-17(9-15)14-23/h3-5,11,15-17H,2,6-10,12-14H2,1H3,(H,25,29)(H,26,28)(H2,24,27,30). The summed E-state index contributed by atoms with van der Waals surface area (Å²) < 4.78 is 0. The molecule has 5 rings (SSSR count). The van der Waals surface area contributed by atoms with Gasteiger partial charge in [0.15, 0.2) is 0 Å². The number of benzene rings is 1. The number of rotatable bonds is 7. The van der Waals surface area contributed by atoms with E-state index in [2.05, 4.69) is 21.3 Å². The first-order valence-corrected chi connectivity index (χ1v) is 11.2. The van der Waals surface area contributed by atoms with Crippen molar-refractivity contribution in [3.8, 4) is 0 Å². The Kier molecular flexibility index (Phi) is 5.97. The highest BCUT2D eigenvalue weighted by atomic mass is 16.2. The number of carbonyl (C=O) groups excluding carboxylic acids is 3. The van der Waals surface area contributed by atoms with Crippen molar-refractivity contribution in [2.24, 2.45) is 23.2 Å². The van der Waals surface area contributed by atoms with Gasteiger partial charge >= 0.3 is 6.03 Å². The molecule has 0 saturated heterocycles. The second-order valence-electron chi connectivity index (χ2n) is 9.32. The van der Waals surface area contributed by atoms with Crippen LogP contribution < -0.4 is 21.3 Å². The van der Waals surface area contributed by atoms with Crippen molar-refractivity contribution in [2.45, 2.75) is 51.9 Å². The van der Waals surface area contributed by atoms with E-state index in [0.29, 0.717) is 24.5 Å². The van der Waals surface area contributed by atoms with Gasteiger partial charge in [-0.05, 0) is 81.4 Å². The molecule has 162 valence electrons. The summed E-state index contributed by atoms with van der Waals surface area (Å²) >= 11 is 0. The number of amides is 4. The number of urea groups is 1. The van der Waals surface area contributed by atoms with E-state index in [0.717, 1.165) is 37.0 Å². The van der Waals surface area contributed by atoms with Crippen LogP contribution in [0.5, 0.6) is 0 Å². The third-order valence-corrected chi connectivity index (χ3v) is 6.90. The van der Waals surface area contributed by atoms with Gasteiger partial charge in [-0.2, -0.15) is 0 Å². The quantitative estimate of drug-likeness (QED) is 0.552. The summed E-state index contributed by atoms with van der Waals surface area (Å²) in [6, 6.07) is 6.73. The Balaban J connectivity index is 1.24. The van der Waals surface area contributed by atoms with Crippen LogP contribution in [0.3, 0.4) is 0 Å². The third-order valence-electron chi connectivity index (χ3n) is 6.90. The molecule has 4 bridgehead atoms. The van der Waals surface area contributed by atoms with Crippen molar-refractivity contribution in [2.75, 3.05) is 23.7 Å². The SMILES string of the molecule is CCNC(=O)Nc1cccc(NC(=O)CCNC(=O)C23CC4CC(CC(C4)C2)C3)c1. The first kappa shape index (κ1) is 20.7. The fourth-order valence-electron chi connectivity index (χ4n) is 6.10. The molecule has 4 saturated carbocycles. The molecule has 7 heteroatoms. The smallest absolute Gasteiger partial charge is 0.319 e. The number of nitrogens with one attached hydrogen (secondary N) is 4. The topological polar surface area (TPSA) is 99.3 Å². The molecule has 0 spiro atoms. The summed E-state index contributed by atoms with van der Waals surface area (Å²) in [6.45, 7) is 2.73. The van der Waals surface area contributed by atoms with E-state index in [1.54, 1.807) is 24.3 Å². The molecule has 4 aliphatic carbocycles. The van der Waals surface area contributed by atoms with Crippen LogP contribution >= 0.6 is 0 Å². The maximum Gasteiger partial charge on any atom is 0.319 e. The number of carbonyl (C=O) groups is 3. The second kappa shape index (κ2) is 8.66. The lowest BCUT2D eigenvalue weighted by atomic mass is 9.49. The molecular formula is C23H32N4O3. The lowest BCUT2D eigenvalue weighted by Gasteiger charge is -2.55. The second-order valence-corrected chi connectivity index (χ2v) is 9.32. The van der Waals surface area contributed by atoms with Gasteiger partial charge in [-0.1, -0.05) is 6.07 Å². The van der Waals surface area contributed by atoms with Crippen molar-refractivity contribution in [1.29, 1.82) is 0 Å². The molecule has 0 unspecified atom stereocenters. The van der Waals surface area contributed by atoms with E-state index in [1.165, 1.54) is 19.3 Å². The van der Waals surface area contributed by atoms with Gasteiger partial charge in [0.25, 0.3) is 0 Å². The highest BCUT2D eigenvalue weighted by Gasteiger charge is 2.54. The normalized spacial score (nSPS) is 28.6. The minimum absolute atomic E-state index is 0.155. The average Bonchev–Trinajstić information content (AvgIpc) is 2.67. The molecule has 1 aromatic rings. The Morgan fingerprint density at radius 1 is 0.933 bits per heavy atom. The van der Waals surface area contributed by atoms with Crippen LogP contribution in [-0.4, -0.2) is 30.9 Å². The van der Waals surface area contributed by atoms with Gasteiger partial charge in [-0.3, -0.25) is 9.59 Å². The molecule has 0 heterocycles. The van der Waals surface area contributed by atoms with Crippen molar-refractivity contribution in [1.82, 2.24) is 10.6 Å². The molecule has 30 heavy (non-hydrogen) atoms. The molecule has 0 aromatic heterocycles. The molecule has 4 amide bonds. The van der Waals surface area contributed by atoms with Crippen LogP contribution in [-0.2, 0) is 9.59 Å². The minimum Gasteiger partial charge on any atom is -0.355 e. The Hall–Kier alpha value is -2.57. The van der Waals surface area contributed by atoms with Gasteiger partial charge in [-0.25, -0.2) is 4.79 Å². The summed E-state index contributed by atoms with van der Waals surface area (Å²) in [6.07, 6.45) is 7.24. The fourth-order valence-corrected chi connectivity index (χ4v) is 6.10. The van der Waals surface area contributed by atoms with Gasteiger partial charge in [0, 0.05) is 36.3 Å². The van der Waals surface area contributed by atoms with Crippen LogP contribution in [0.4, 0.5) is 16.2 Å². The van der Waals surface area contributed by atoms with Gasteiger partial charge in [0.1, 0.15) is 0 Å². The van der Waals surface area contributed by atoms with Gasteiger partial charge in [-0.15, -0.1) is 0 Å². The van der Waals surface area contributed by atoms with E-state index >= 15 is 0 Å². The maximum absolute atomic E-state index is 12.9. The number of hydrogen-bond acceptors (Lipinski definition) is 3. The Morgan fingerprint density at radius 3 is 2.13 bits per heavy atom. The van der Waals surface area contributed by atoms with E-state index in [4.69, 9.17) is 0 Å². The molecule has 0 atom stereocenters. The molecule has 4 fully saturated rings. The predicted molar refractivity (Wildman–Crippen MR) is 116 cm³/mol. The zero-order valence-electron chi connectivity index (χ0n) is 17.6. The number of hydrogen-bond donors (Lipinski definition) is 4. The van der Waals surface area contributed by atoms with E-state index in [-0.39, 0.29) is 29.7 Å². The first-order valence-electron chi connectivity index (χ1n) is 11.2. The average molecular weight is 413 g/mol. The highest BCUT2D eigenvalue weighted by Crippen LogP contribution is 2.60. The van der Waals surface area contributed by atoms with E-state index in [1.807, 2.05) is 6.92 Å². The minimum atomic E-state index is -0.284. The van der Waals surface area contributed by atoms with Crippen LogP contribution in [0.1, 0.15) is 51.9 Å². The number of anilines is 2. The first-order chi connectivity index (χ1) is 14.5. The van der Waals surface area contributed by atoms with E-state index < -0.39 is 0 Å². The van der Waals surface area contributed by atoms with Gasteiger partial charge in [0.2, 0.25) is 11.8 Å². The highest BCUT2D eigenvalue weighted by molar-refractivity contribution is 5.93. The van der Waals surface area contributed by atoms with Gasteiger partial charge < -0.3 is 21.3 Å². The summed E-state index contributed by atoms with van der Waals surface area (Å²) in [5, 5.41) is 11.3. The van der Waals surface area contributed by atoms with Crippen LogP contribution in [0.25, 0.3) is 0 Å². The lowest BCUT2D eigenvalue weighted by Crippen LogP contribution is -2.53. The molecule has 0 radical (unpaired) electrons. The zero-order chi connectivity index (χ0) is 21.1. The largest absolute Gasteiger partial charge is 0.355 e. The Labute approximate surface area is 177 Å². The molecule has 7 nitrogen and oxygen atoms in total. The maximum atomic E-state index is 12.9. The summed E-state index contributed by atoms with van der Waals surface area (Å²) in [5.41, 5.74) is 1.04. The Morgan fingerprint density at radius 2 is 1.53 bits per heavy atom. The van der Waals surface area contributed by atoms with E-state index in [9.17, 15) is 14.4 Å². The Bertz CT molecular complexity index is 787. The van der Waals surface area contributed by atoms with Gasteiger partial charge in [0.05, 0.1) is 0 Å². The van der Waals surface area contributed by atoms with Crippen LogP contribution in [0.2, 0.25) is 0 Å². The molecular weight excluding hydrogens is 380 g/mol. The van der Waals surface area contributed by atoms with Crippen LogP contribution in [0.15, 0.2) is 24.3 Å². The third kappa shape index (κ3) is 4.60. The molecule has 4 aliphatic rings. The predicted octanol–water partition coefficient (Wildman–Crippen LogP) is 3.49. The molecule has 0 aliphatic heterocycles. The van der Waals surface area contributed by atoms with Crippen molar-refractivity contribution < 1.29 is 14.4 Å². The van der Waals surface area contributed by atoms with Crippen molar-refractivity contribution >= 4 is 29.2 Å². The zero-order valence-corrected chi connectivity index (χ0v) is 17.6. The van der Waals surface area contributed by atoms with Crippen LogP contribution in [0, 0.1) is 23.2 Å². The lowest BCUT2D eigenvalue weighted by molar-refractivity contribution is -0.146. The molecule has 4 N–H and O–H groups in total. The van der Waals surface area contributed by atoms with Crippen molar-refractivity contribution in [3.05, 3.63) is 24.3 Å².